The molecule has 1 aromatic carbocycles. The second kappa shape index (κ2) is 6.71. The van der Waals surface area contributed by atoms with Crippen molar-refractivity contribution in [1.29, 1.82) is 0 Å². The first-order chi connectivity index (χ1) is 9.82. The molecule has 1 unspecified atom stereocenters. The molecule has 0 bridgehead atoms. The standard InChI is InChI=1S/C13H18Cl2N2O3S/c1-17(7-9-3-2-4-20-8-9)21(18,19)13-11(15)5-10(14)6-12(13)16/h5-6,9H,2-4,7-8,16H2,1H3. The number of nitrogen functional groups attached to an aromatic ring is 1. The number of nitrogens with zero attached hydrogens (tertiary/aromatic N) is 1. The zero-order valence-electron chi connectivity index (χ0n) is 11.7. The summed E-state index contributed by atoms with van der Waals surface area (Å²) in [6.07, 6.45) is 1.89. The second-order valence-electron chi connectivity index (χ2n) is 5.17. The number of halogens is 2. The lowest BCUT2D eigenvalue weighted by molar-refractivity contribution is 0.0495. The van der Waals surface area contributed by atoms with Gasteiger partial charge in [0.05, 0.1) is 17.3 Å². The summed E-state index contributed by atoms with van der Waals surface area (Å²) >= 11 is 11.8. The summed E-state index contributed by atoms with van der Waals surface area (Å²) in [6.45, 7) is 1.69. The molecule has 0 aliphatic carbocycles. The topological polar surface area (TPSA) is 72.6 Å². The average Bonchev–Trinajstić information content (AvgIpc) is 2.38. The SMILES string of the molecule is CN(CC1CCCOC1)S(=O)(=O)c1c(N)cc(Cl)cc1Cl. The molecule has 2 N–H and O–H groups in total. The molecule has 1 fully saturated rings. The van der Waals surface area contributed by atoms with Crippen molar-refractivity contribution < 1.29 is 13.2 Å². The number of nitrogens with two attached hydrogens (primary N) is 1. The maximum absolute atomic E-state index is 12.6. The minimum Gasteiger partial charge on any atom is -0.398 e. The monoisotopic (exact) mass is 352 g/mol. The quantitative estimate of drug-likeness (QED) is 0.845. The number of rotatable bonds is 4. The van der Waals surface area contributed by atoms with Gasteiger partial charge < -0.3 is 10.5 Å². The zero-order chi connectivity index (χ0) is 15.6. The molecule has 8 heteroatoms. The largest absolute Gasteiger partial charge is 0.398 e. The third-order valence-electron chi connectivity index (χ3n) is 3.48. The van der Waals surface area contributed by atoms with E-state index in [0.717, 1.165) is 19.4 Å². The molecule has 118 valence electrons. The van der Waals surface area contributed by atoms with Crippen LogP contribution >= 0.6 is 23.2 Å². The number of sulfonamides is 1. The minimum atomic E-state index is -3.75. The number of benzene rings is 1. The van der Waals surface area contributed by atoms with E-state index >= 15 is 0 Å². The van der Waals surface area contributed by atoms with Gasteiger partial charge in [-0.2, -0.15) is 0 Å². The molecule has 0 amide bonds. The van der Waals surface area contributed by atoms with Crippen LogP contribution in [0.5, 0.6) is 0 Å². The molecule has 0 spiro atoms. The van der Waals surface area contributed by atoms with E-state index in [1.807, 2.05) is 0 Å². The Hall–Kier alpha value is -0.530. The molecule has 1 aliphatic rings. The van der Waals surface area contributed by atoms with Gasteiger partial charge in [-0.3, -0.25) is 0 Å². The normalized spacial score (nSPS) is 19.9. The van der Waals surface area contributed by atoms with Gasteiger partial charge in [-0.05, 0) is 30.9 Å². The molecule has 1 atom stereocenters. The van der Waals surface area contributed by atoms with E-state index in [1.165, 1.54) is 23.5 Å². The highest BCUT2D eigenvalue weighted by Gasteiger charge is 2.29. The van der Waals surface area contributed by atoms with Crippen LogP contribution in [-0.4, -0.2) is 39.5 Å². The first-order valence-corrected chi connectivity index (χ1v) is 8.80. The van der Waals surface area contributed by atoms with Crippen molar-refractivity contribution in [3.63, 3.8) is 0 Å². The van der Waals surface area contributed by atoms with E-state index in [4.69, 9.17) is 33.7 Å². The molecule has 0 aromatic heterocycles. The Bertz CT molecular complexity index is 593. The summed E-state index contributed by atoms with van der Waals surface area (Å²) < 4.78 is 31.9. The van der Waals surface area contributed by atoms with Crippen LogP contribution in [0, 0.1) is 5.92 Å². The number of hydrogen-bond donors (Lipinski definition) is 1. The van der Waals surface area contributed by atoms with Crippen molar-refractivity contribution in [2.75, 3.05) is 32.5 Å². The van der Waals surface area contributed by atoms with Crippen molar-refractivity contribution in [3.8, 4) is 0 Å². The van der Waals surface area contributed by atoms with Gasteiger partial charge in [0.15, 0.2) is 0 Å². The molecule has 1 aliphatic heterocycles. The van der Waals surface area contributed by atoms with Crippen LogP contribution in [-0.2, 0) is 14.8 Å². The molecular weight excluding hydrogens is 335 g/mol. The molecule has 21 heavy (non-hydrogen) atoms. The van der Waals surface area contributed by atoms with Crippen molar-refractivity contribution in [1.82, 2.24) is 4.31 Å². The van der Waals surface area contributed by atoms with Crippen LogP contribution < -0.4 is 5.73 Å². The first-order valence-electron chi connectivity index (χ1n) is 6.61. The van der Waals surface area contributed by atoms with E-state index in [0.29, 0.717) is 18.2 Å². The van der Waals surface area contributed by atoms with Crippen molar-refractivity contribution in [3.05, 3.63) is 22.2 Å². The Morgan fingerprint density at radius 2 is 2.14 bits per heavy atom. The molecule has 0 radical (unpaired) electrons. The average molecular weight is 353 g/mol. The highest BCUT2D eigenvalue weighted by atomic mass is 35.5. The van der Waals surface area contributed by atoms with Gasteiger partial charge in [-0.15, -0.1) is 0 Å². The molecule has 1 saturated heterocycles. The van der Waals surface area contributed by atoms with Crippen LogP contribution in [0.25, 0.3) is 0 Å². The fourth-order valence-corrected chi connectivity index (χ4v) is 4.60. The van der Waals surface area contributed by atoms with Crippen LogP contribution in [0.3, 0.4) is 0 Å². The lowest BCUT2D eigenvalue weighted by Gasteiger charge is -2.27. The first kappa shape index (κ1) is 16.8. The molecule has 1 heterocycles. The summed E-state index contributed by atoms with van der Waals surface area (Å²) in [5, 5.41) is 0.339. The van der Waals surface area contributed by atoms with Gasteiger partial charge in [0.25, 0.3) is 0 Å². The molecule has 1 aromatic rings. The van der Waals surface area contributed by atoms with Crippen LogP contribution in [0.15, 0.2) is 17.0 Å². The molecule has 0 saturated carbocycles. The van der Waals surface area contributed by atoms with Gasteiger partial charge in [0.2, 0.25) is 10.0 Å². The van der Waals surface area contributed by atoms with Gasteiger partial charge in [-0.25, -0.2) is 12.7 Å². The predicted molar refractivity (Wildman–Crippen MR) is 84.2 cm³/mol. The smallest absolute Gasteiger partial charge is 0.246 e. The Morgan fingerprint density at radius 3 is 2.71 bits per heavy atom. The van der Waals surface area contributed by atoms with Gasteiger partial charge in [0.1, 0.15) is 4.90 Å². The summed E-state index contributed by atoms with van der Waals surface area (Å²) in [5.41, 5.74) is 5.83. The highest BCUT2D eigenvalue weighted by Crippen LogP contribution is 2.33. The van der Waals surface area contributed by atoms with Gasteiger partial charge in [-0.1, -0.05) is 23.2 Å². The Kier molecular flexibility index (Phi) is 5.38. The third kappa shape index (κ3) is 3.81. The number of anilines is 1. The van der Waals surface area contributed by atoms with E-state index in [2.05, 4.69) is 0 Å². The summed E-state index contributed by atoms with van der Waals surface area (Å²) in [6, 6.07) is 2.77. The predicted octanol–water partition coefficient (Wildman–Crippen LogP) is 2.62. The lowest BCUT2D eigenvalue weighted by Crippen LogP contribution is -2.35. The lowest BCUT2D eigenvalue weighted by atomic mass is 10.0. The van der Waals surface area contributed by atoms with Crippen molar-refractivity contribution in [2.24, 2.45) is 5.92 Å². The summed E-state index contributed by atoms with van der Waals surface area (Å²) in [4.78, 5) is -0.0900. The Balaban J connectivity index is 2.24. The Labute approximate surface area is 135 Å². The van der Waals surface area contributed by atoms with Crippen molar-refractivity contribution >= 4 is 38.9 Å². The molecule has 5 nitrogen and oxygen atoms in total. The number of hydrogen-bond acceptors (Lipinski definition) is 4. The molecule has 2 rings (SSSR count). The zero-order valence-corrected chi connectivity index (χ0v) is 14.0. The summed E-state index contributed by atoms with van der Waals surface area (Å²) in [5.74, 6) is 0.186. The maximum Gasteiger partial charge on any atom is 0.246 e. The fourth-order valence-electron chi connectivity index (χ4n) is 2.42. The van der Waals surface area contributed by atoms with E-state index < -0.39 is 10.0 Å². The van der Waals surface area contributed by atoms with Gasteiger partial charge in [0, 0.05) is 25.2 Å². The summed E-state index contributed by atoms with van der Waals surface area (Å²) in [7, 11) is -2.23. The fraction of sp³-hybridized carbons (Fsp3) is 0.538. The minimum absolute atomic E-state index is 0.0340. The Morgan fingerprint density at radius 1 is 1.43 bits per heavy atom. The van der Waals surface area contributed by atoms with Crippen LogP contribution in [0.2, 0.25) is 10.0 Å². The van der Waals surface area contributed by atoms with E-state index in [-0.39, 0.29) is 21.5 Å². The molecular formula is C13H18Cl2N2O3S. The van der Waals surface area contributed by atoms with Crippen LogP contribution in [0.4, 0.5) is 5.69 Å². The second-order valence-corrected chi connectivity index (χ2v) is 8.00. The van der Waals surface area contributed by atoms with Crippen molar-refractivity contribution in [2.45, 2.75) is 17.7 Å². The third-order valence-corrected chi connectivity index (χ3v) is 6.04. The highest BCUT2D eigenvalue weighted by molar-refractivity contribution is 7.89. The van der Waals surface area contributed by atoms with Gasteiger partial charge >= 0.3 is 0 Å². The maximum atomic E-state index is 12.6. The van der Waals surface area contributed by atoms with E-state index in [9.17, 15) is 8.42 Å². The number of ether oxygens (including phenoxy) is 1. The van der Waals surface area contributed by atoms with Crippen LogP contribution in [0.1, 0.15) is 12.8 Å². The van der Waals surface area contributed by atoms with E-state index in [1.54, 1.807) is 0 Å².